The maximum atomic E-state index is 11.4. The summed E-state index contributed by atoms with van der Waals surface area (Å²) in [6.45, 7) is 7.39. The summed E-state index contributed by atoms with van der Waals surface area (Å²) in [4.78, 5) is 11.4. The highest BCUT2D eigenvalue weighted by Gasteiger charge is 2.23. The molecule has 1 unspecified atom stereocenters. The summed E-state index contributed by atoms with van der Waals surface area (Å²) >= 11 is 0. The quantitative estimate of drug-likeness (QED) is 0.644. The molecule has 4 nitrogen and oxygen atoms in total. The average molecular weight is 186 g/mol. The fourth-order valence-corrected chi connectivity index (χ4v) is 1.11. The summed E-state index contributed by atoms with van der Waals surface area (Å²) in [6.07, 6.45) is -0.123. The molecule has 2 N–H and O–H groups in total. The van der Waals surface area contributed by atoms with E-state index in [1.807, 2.05) is 13.8 Å². The molecule has 1 amide bonds. The van der Waals surface area contributed by atoms with Crippen LogP contribution < -0.4 is 10.6 Å². The number of ether oxygens (including phenoxy) is 1. The van der Waals surface area contributed by atoms with Crippen LogP contribution in [0.25, 0.3) is 0 Å². The number of amides is 1. The zero-order valence-corrected chi connectivity index (χ0v) is 8.46. The summed E-state index contributed by atoms with van der Waals surface area (Å²) in [7, 11) is 0. The third-order valence-corrected chi connectivity index (χ3v) is 1.94. The average Bonchev–Trinajstić information content (AvgIpc) is 1.94. The van der Waals surface area contributed by atoms with Crippen LogP contribution in [0, 0.1) is 0 Å². The van der Waals surface area contributed by atoms with Crippen molar-refractivity contribution in [3.63, 3.8) is 0 Å². The van der Waals surface area contributed by atoms with Crippen molar-refractivity contribution in [3.05, 3.63) is 0 Å². The van der Waals surface area contributed by atoms with E-state index >= 15 is 0 Å². The van der Waals surface area contributed by atoms with Crippen LogP contribution in [-0.2, 0) is 9.53 Å². The Morgan fingerprint density at radius 3 is 2.46 bits per heavy atom. The van der Waals surface area contributed by atoms with Crippen molar-refractivity contribution in [2.24, 2.45) is 0 Å². The van der Waals surface area contributed by atoms with Gasteiger partial charge in [0.15, 0.2) is 0 Å². The molecule has 1 rings (SSSR count). The summed E-state index contributed by atoms with van der Waals surface area (Å²) in [5.41, 5.74) is 0. The van der Waals surface area contributed by atoms with Crippen LogP contribution in [0.4, 0.5) is 0 Å². The number of carbonyl (C=O) groups excluding carboxylic acids is 1. The second kappa shape index (κ2) is 4.58. The standard InChI is InChI=1S/C9H18N2O2/c1-6(2)11-9(12)7(3)13-8-4-10-5-8/h6-8,10H,4-5H2,1-3H3,(H,11,12). The third-order valence-electron chi connectivity index (χ3n) is 1.94. The lowest BCUT2D eigenvalue weighted by Gasteiger charge is -2.29. The van der Waals surface area contributed by atoms with Crippen molar-refractivity contribution in [3.8, 4) is 0 Å². The van der Waals surface area contributed by atoms with Crippen molar-refractivity contribution < 1.29 is 9.53 Å². The molecular formula is C9H18N2O2. The second-order valence-corrected chi connectivity index (χ2v) is 3.72. The van der Waals surface area contributed by atoms with Gasteiger partial charge in [0.05, 0.1) is 6.10 Å². The molecule has 4 heteroatoms. The first kappa shape index (κ1) is 10.5. The predicted molar refractivity (Wildman–Crippen MR) is 50.5 cm³/mol. The fourth-order valence-electron chi connectivity index (χ4n) is 1.11. The Morgan fingerprint density at radius 2 is 2.08 bits per heavy atom. The van der Waals surface area contributed by atoms with Crippen LogP contribution in [0.15, 0.2) is 0 Å². The molecule has 0 radical (unpaired) electrons. The zero-order chi connectivity index (χ0) is 9.84. The van der Waals surface area contributed by atoms with E-state index in [0.717, 1.165) is 13.1 Å². The molecule has 1 aliphatic heterocycles. The van der Waals surface area contributed by atoms with Crippen molar-refractivity contribution in [1.29, 1.82) is 0 Å². The molecule has 0 spiro atoms. The summed E-state index contributed by atoms with van der Waals surface area (Å²) in [5, 5.41) is 5.90. The van der Waals surface area contributed by atoms with Crippen molar-refractivity contribution in [1.82, 2.24) is 10.6 Å². The Kier molecular flexibility index (Phi) is 3.69. The molecule has 0 aromatic rings. The van der Waals surface area contributed by atoms with Gasteiger partial charge in [0, 0.05) is 19.1 Å². The number of hydrogen-bond acceptors (Lipinski definition) is 3. The first-order valence-electron chi connectivity index (χ1n) is 4.76. The Labute approximate surface area is 79.0 Å². The van der Waals surface area contributed by atoms with Crippen molar-refractivity contribution in [2.45, 2.75) is 39.0 Å². The monoisotopic (exact) mass is 186 g/mol. The third kappa shape index (κ3) is 3.32. The van der Waals surface area contributed by atoms with Crippen molar-refractivity contribution in [2.75, 3.05) is 13.1 Å². The van der Waals surface area contributed by atoms with Crippen molar-refractivity contribution >= 4 is 5.91 Å². The van der Waals surface area contributed by atoms with Gasteiger partial charge in [-0.25, -0.2) is 0 Å². The topological polar surface area (TPSA) is 50.4 Å². The van der Waals surface area contributed by atoms with Gasteiger partial charge < -0.3 is 15.4 Å². The van der Waals surface area contributed by atoms with E-state index in [0.29, 0.717) is 0 Å². The highest BCUT2D eigenvalue weighted by atomic mass is 16.5. The van der Waals surface area contributed by atoms with E-state index in [2.05, 4.69) is 10.6 Å². The largest absolute Gasteiger partial charge is 0.363 e. The molecule has 76 valence electrons. The van der Waals surface area contributed by atoms with Crippen LogP contribution >= 0.6 is 0 Å². The van der Waals surface area contributed by atoms with Gasteiger partial charge in [-0.15, -0.1) is 0 Å². The van der Waals surface area contributed by atoms with Crippen LogP contribution in [-0.4, -0.2) is 37.2 Å². The Balaban J connectivity index is 2.20. The van der Waals surface area contributed by atoms with Gasteiger partial charge in [0.1, 0.15) is 6.10 Å². The molecule has 0 aromatic carbocycles. The molecule has 0 bridgehead atoms. The molecule has 1 fully saturated rings. The van der Waals surface area contributed by atoms with Crippen LogP contribution in [0.3, 0.4) is 0 Å². The van der Waals surface area contributed by atoms with Crippen LogP contribution in [0.1, 0.15) is 20.8 Å². The lowest BCUT2D eigenvalue weighted by Crippen LogP contribution is -2.52. The van der Waals surface area contributed by atoms with E-state index in [1.165, 1.54) is 0 Å². The van der Waals surface area contributed by atoms with Gasteiger partial charge in [-0.2, -0.15) is 0 Å². The van der Waals surface area contributed by atoms with E-state index in [9.17, 15) is 4.79 Å². The molecule has 1 atom stereocenters. The minimum atomic E-state index is -0.338. The minimum absolute atomic E-state index is 0.0260. The van der Waals surface area contributed by atoms with Gasteiger partial charge in [0.25, 0.3) is 0 Å². The van der Waals surface area contributed by atoms with E-state index < -0.39 is 0 Å². The zero-order valence-electron chi connectivity index (χ0n) is 8.46. The van der Waals surface area contributed by atoms with Gasteiger partial charge in [-0.1, -0.05) is 0 Å². The smallest absolute Gasteiger partial charge is 0.249 e. The Hall–Kier alpha value is -0.610. The van der Waals surface area contributed by atoms with Gasteiger partial charge in [-0.3, -0.25) is 4.79 Å². The number of rotatable bonds is 4. The van der Waals surface area contributed by atoms with Crippen LogP contribution in [0.2, 0.25) is 0 Å². The maximum Gasteiger partial charge on any atom is 0.249 e. The number of hydrogen-bond donors (Lipinski definition) is 2. The molecule has 13 heavy (non-hydrogen) atoms. The normalized spacial score (nSPS) is 19.7. The maximum absolute atomic E-state index is 11.4. The molecule has 0 aromatic heterocycles. The summed E-state index contributed by atoms with van der Waals surface area (Å²) in [5.74, 6) is -0.0260. The first-order chi connectivity index (χ1) is 6.09. The molecule has 1 saturated heterocycles. The Bertz CT molecular complexity index is 178. The SMILES string of the molecule is CC(C)NC(=O)C(C)OC1CNC1. The predicted octanol–water partition coefficient (Wildman–Crippen LogP) is -0.112. The molecule has 1 aliphatic rings. The molecule has 1 heterocycles. The van der Waals surface area contributed by atoms with Gasteiger partial charge in [-0.05, 0) is 20.8 Å². The highest BCUT2D eigenvalue weighted by molar-refractivity contribution is 5.80. The second-order valence-electron chi connectivity index (χ2n) is 3.72. The lowest BCUT2D eigenvalue weighted by molar-refractivity contribution is -0.137. The summed E-state index contributed by atoms with van der Waals surface area (Å²) < 4.78 is 5.47. The number of carbonyl (C=O) groups is 1. The summed E-state index contributed by atoms with van der Waals surface area (Å²) in [6, 6.07) is 0.179. The lowest BCUT2D eigenvalue weighted by atomic mass is 10.2. The van der Waals surface area contributed by atoms with E-state index in [4.69, 9.17) is 4.74 Å². The van der Waals surface area contributed by atoms with E-state index in [-0.39, 0.29) is 24.2 Å². The number of nitrogens with one attached hydrogen (secondary N) is 2. The van der Waals surface area contributed by atoms with Gasteiger partial charge >= 0.3 is 0 Å². The Morgan fingerprint density at radius 1 is 1.46 bits per heavy atom. The molecule has 0 aliphatic carbocycles. The van der Waals surface area contributed by atoms with Gasteiger partial charge in [0.2, 0.25) is 5.91 Å². The van der Waals surface area contributed by atoms with Crippen LogP contribution in [0.5, 0.6) is 0 Å². The minimum Gasteiger partial charge on any atom is -0.363 e. The fraction of sp³-hybridized carbons (Fsp3) is 0.889. The van der Waals surface area contributed by atoms with E-state index in [1.54, 1.807) is 6.92 Å². The molecule has 0 saturated carbocycles. The highest BCUT2D eigenvalue weighted by Crippen LogP contribution is 2.03. The molecular weight excluding hydrogens is 168 g/mol. The first-order valence-corrected chi connectivity index (χ1v) is 4.76.